The molecule has 2 heterocycles. The number of para-hydroxylation sites is 1. The lowest BCUT2D eigenvalue weighted by molar-refractivity contribution is 0.613. The second-order valence-corrected chi connectivity index (χ2v) is 5.44. The molecule has 1 unspecified atom stereocenters. The third kappa shape index (κ3) is 2.41. The number of nitrogens with one attached hydrogen (secondary N) is 1. The molecule has 0 saturated heterocycles. The van der Waals surface area contributed by atoms with E-state index < -0.39 is 0 Å². The SMILES string of the molecule is CNCc1ccnc(N2c3ccccc3CCC2C)c1. The predicted octanol–water partition coefficient (Wildman–Crippen LogP) is 3.27. The van der Waals surface area contributed by atoms with Crippen LogP contribution in [0.5, 0.6) is 0 Å². The fraction of sp³-hybridized carbons (Fsp3) is 0.353. The van der Waals surface area contributed by atoms with Gasteiger partial charge in [0.1, 0.15) is 5.82 Å². The van der Waals surface area contributed by atoms with Crippen molar-refractivity contribution >= 4 is 11.5 Å². The van der Waals surface area contributed by atoms with Crippen molar-refractivity contribution in [2.45, 2.75) is 32.4 Å². The fourth-order valence-corrected chi connectivity index (χ4v) is 2.94. The maximum absolute atomic E-state index is 4.59. The van der Waals surface area contributed by atoms with Crippen molar-refractivity contribution in [1.82, 2.24) is 10.3 Å². The molecule has 0 bridgehead atoms. The molecule has 0 saturated carbocycles. The minimum Gasteiger partial charge on any atom is -0.323 e. The highest BCUT2D eigenvalue weighted by Gasteiger charge is 2.24. The lowest BCUT2D eigenvalue weighted by atomic mass is 9.96. The Morgan fingerprint density at radius 1 is 1.30 bits per heavy atom. The maximum Gasteiger partial charge on any atom is 0.133 e. The van der Waals surface area contributed by atoms with Gasteiger partial charge in [0.15, 0.2) is 0 Å². The van der Waals surface area contributed by atoms with Crippen LogP contribution in [0.1, 0.15) is 24.5 Å². The van der Waals surface area contributed by atoms with Crippen molar-refractivity contribution in [2.75, 3.05) is 11.9 Å². The Balaban J connectivity index is 2.02. The maximum atomic E-state index is 4.59. The van der Waals surface area contributed by atoms with Gasteiger partial charge in [0, 0.05) is 24.5 Å². The molecule has 3 heteroatoms. The zero-order valence-corrected chi connectivity index (χ0v) is 12.1. The van der Waals surface area contributed by atoms with E-state index in [2.05, 4.69) is 58.5 Å². The van der Waals surface area contributed by atoms with Crippen LogP contribution in [0, 0.1) is 0 Å². The van der Waals surface area contributed by atoms with Crippen molar-refractivity contribution in [3.63, 3.8) is 0 Å². The molecule has 0 spiro atoms. The minimum atomic E-state index is 0.488. The first-order chi connectivity index (χ1) is 9.79. The molecule has 0 fully saturated rings. The van der Waals surface area contributed by atoms with Crippen molar-refractivity contribution < 1.29 is 0 Å². The van der Waals surface area contributed by atoms with E-state index >= 15 is 0 Å². The van der Waals surface area contributed by atoms with Crippen LogP contribution in [-0.4, -0.2) is 18.1 Å². The van der Waals surface area contributed by atoms with Crippen molar-refractivity contribution in [3.8, 4) is 0 Å². The average molecular weight is 267 g/mol. The molecule has 0 aliphatic carbocycles. The lowest BCUT2D eigenvalue weighted by Crippen LogP contribution is -2.33. The van der Waals surface area contributed by atoms with Crippen LogP contribution in [0.25, 0.3) is 0 Å². The van der Waals surface area contributed by atoms with E-state index in [1.54, 1.807) is 0 Å². The van der Waals surface area contributed by atoms with Gasteiger partial charge in [-0.15, -0.1) is 0 Å². The van der Waals surface area contributed by atoms with Gasteiger partial charge in [0.2, 0.25) is 0 Å². The summed E-state index contributed by atoms with van der Waals surface area (Å²) in [6.07, 6.45) is 4.24. The van der Waals surface area contributed by atoms with E-state index in [0.29, 0.717) is 6.04 Å². The highest BCUT2D eigenvalue weighted by atomic mass is 15.2. The number of benzene rings is 1. The third-order valence-corrected chi connectivity index (χ3v) is 3.96. The van der Waals surface area contributed by atoms with Crippen molar-refractivity contribution in [2.24, 2.45) is 0 Å². The van der Waals surface area contributed by atoms with Gasteiger partial charge >= 0.3 is 0 Å². The monoisotopic (exact) mass is 267 g/mol. The summed E-state index contributed by atoms with van der Waals surface area (Å²) in [5.74, 6) is 1.05. The molecule has 1 aliphatic rings. The van der Waals surface area contributed by atoms with Crippen LogP contribution in [0.2, 0.25) is 0 Å². The van der Waals surface area contributed by atoms with Gasteiger partial charge in [0.25, 0.3) is 0 Å². The Hall–Kier alpha value is -1.87. The molecule has 1 N–H and O–H groups in total. The molecule has 0 amide bonds. The van der Waals surface area contributed by atoms with E-state index in [-0.39, 0.29) is 0 Å². The number of rotatable bonds is 3. The molecule has 3 rings (SSSR count). The third-order valence-electron chi connectivity index (χ3n) is 3.96. The first-order valence-electron chi connectivity index (χ1n) is 7.26. The number of hydrogen-bond acceptors (Lipinski definition) is 3. The first kappa shape index (κ1) is 13.1. The molecule has 1 aliphatic heterocycles. The van der Waals surface area contributed by atoms with Crippen molar-refractivity contribution in [1.29, 1.82) is 0 Å². The Morgan fingerprint density at radius 2 is 2.15 bits per heavy atom. The Bertz CT molecular complexity index is 594. The zero-order chi connectivity index (χ0) is 13.9. The number of hydrogen-bond donors (Lipinski definition) is 1. The molecule has 3 nitrogen and oxygen atoms in total. The van der Waals surface area contributed by atoms with Crippen LogP contribution in [0.4, 0.5) is 11.5 Å². The zero-order valence-electron chi connectivity index (χ0n) is 12.1. The largest absolute Gasteiger partial charge is 0.323 e. The van der Waals surface area contributed by atoms with Crippen molar-refractivity contribution in [3.05, 3.63) is 53.7 Å². The predicted molar refractivity (Wildman–Crippen MR) is 83.4 cm³/mol. The van der Waals surface area contributed by atoms with Gasteiger partial charge in [-0.2, -0.15) is 0 Å². The van der Waals surface area contributed by atoms with E-state index in [1.165, 1.54) is 23.2 Å². The number of aryl methyl sites for hydroxylation is 1. The first-order valence-corrected chi connectivity index (χ1v) is 7.26. The summed E-state index contributed by atoms with van der Waals surface area (Å²) in [5, 5.41) is 3.20. The summed E-state index contributed by atoms with van der Waals surface area (Å²) in [5.41, 5.74) is 4.00. The Morgan fingerprint density at radius 3 is 3.00 bits per heavy atom. The average Bonchev–Trinajstić information content (AvgIpc) is 2.48. The summed E-state index contributed by atoms with van der Waals surface area (Å²) >= 11 is 0. The molecular weight excluding hydrogens is 246 g/mol. The highest BCUT2D eigenvalue weighted by molar-refractivity contribution is 5.66. The smallest absolute Gasteiger partial charge is 0.133 e. The number of pyridine rings is 1. The second-order valence-electron chi connectivity index (χ2n) is 5.44. The molecule has 20 heavy (non-hydrogen) atoms. The van der Waals surface area contributed by atoms with Crippen LogP contribution >= 0.6 is 0 Å². The Labute approximate surface area is 120 Å². The summed E-state index contributed by atoms with van der Waals surface area (Å²) in [6, 6.07) is 13.4. The summed E-state index contributed by atoms with van der Waals surface area (Å²) in [4.78, 5) is 6.97. The molecular formula is C17H21N3. The Kier molecular flexibility index (Phi) is 3.70. The highest BCUT2D eigenvalue weighted by Crippen LogP contribution is 2.35. The molecule has 2 aromatic rings. The summed E-state index contributed by atoms with van der Waals surface area (Å²) in [7, 11) is 1.97. The van der Waals surface area contributed by atoms with E-state index in [1.807, 2.05) is 13.2 Å². The molecule has 0 radical (unpaired) electrons. The number of nitrogens with zero attached hydrogens (tertiary/aromatic N) is 2. The normalized spacial score (nSPS) is 17.9. The van der Waals surface area contributed by atoms with Gasteiger partial charge in [-0.05, 0) is 56.1 Å². The van der Waals surface area contributed by atoms with E-state index in [4.69, 9.17) is 0 Å². The van der Waals surface area contributed by atoms with Crippen LogP contribution < -0.4 is 10.2 Å². The van der Waals surface area contributed by atoms with Gasteiger partial charge in [-0.25, -0.2) is 4.98 Å². The van der Waals surface area contributed by atoms with Gasteiger partial charge in [0.05, 0.1) is 0 Å². The van der Waals surface area contributed by atoms with Gasteiger partial charge < -0.3 is 10.2 Å². The fourth-order valence-electron chi connectivity index (χ4n) is 2.94. The van der Waals surface area contributed by atoms with Gasteiger partial charge in [-0.1, -0.05) is 18.2 Å². The minimum absolute atomic E-state index is 0.488. The van der Waals surface area contributed by atoms with Crippen LogP contribution in [0.15, 0.2) is 42.6 Å². The molecule has 1 atom stereocenters. The summed E-state index contributed by atoms with van der Waals surface area (Å²) < 4.78 is 0. The standard InChI is InChI=1S/C17H21N3/c1-13-7-8-15-5-3-4-6-16(15)20(13)17-11-14(12-18-2)9-10-19-17/h3-6,9-11,13,18H,7-8,12H2,1-2H3. The van der Waals surface area contributed by atoms with Crippen LogP contribution in [0.3, 0.4) is 0 Å². The molecule has 1 aromatic carbocycles. The lowest BCUT2D eigenvalue weighted by Gasteiger charge is -2.36. The quantitative estimate of drug-likeness (QED) is 0.925. The van der Waals surface area contributed by atoms with Gasteiger partial charge in [-0.3, -0.25) is 0 Å². The van der Waals surface area contributed by atoms with E-state index in [9.17, 15) is 0 Å². The topological polar surface area (TPSA) is 28.2 Å². The number of anilines is 2. The molecule has 1 aromatic heterocycles. The number of aromatic nitrogens is 1. The van der Waals surface area contributed by atoms with E-state index in [0.717, 1.165) is 18.8 Å². The second kappa shape index (κ2) is 5.63. The molecule has 104 valence electrons. The number of fused-ring (bicyclic) bond motifs is 1. The summed E-state index contributed by atoms with van der Waals surface area (Å²) in [6.45, 7) is 3.15. The van der Waals surface area contributed by atoms with Crippen LogP contribution in [-0.2, 0) is 13.0 Å².